The van der Waals surface area contributed by atoms with Crippen LogP contribution in [-0.2, 0) is 9.53 Å². The van der Waals surface area contributed by atoms with E-state index in [1.54, 1.807) is 5.57 Å². The summed E-state index contributed by atoms with van der Waals surface area (Å²) < 4.78 is 6.53. The van der Waals surface area contributed by atoms with Gasteiger partial charge in [-0.25, -0.2) is 0 Å². The lowest BCUT2D eigenvalue weighted by atomic mass is 9.47. The molecule has 1 aromatic carbocycles. The number of aliphatic hydroxyl groups is 1. The van der Waals surface area contributed by atoms with Crippen molar-refractivity contribution in [3.05, 3.63) is 53.6 Å². The van der Waals surface area contributed by atoms with E-state index in [1.807, 2.05) is 21.1 Å². The average Bonchev–Trinajstić information content (AvgIpc) is 3.15. The van der Waals surface area contributed by atoms with Crippen LogP contribution in [-0.4, -0.2) is 55.5 Å². The highest BCUT2D eigenvalue weighted by molar-refractivity contribution is 5.73. The van der Waals surface area contributed by atoms with Crippen molar-refractivity contribution in [2.24, 2.45) is 28.6 Å². The zero-order valence-electron chi connectivity index (χ0n) is 23.0. The normalized spacial score (nSPS) is 36.6. The third-order valence-corrected chi connectivity index (χ3v) is 10.2. The number of esters is 1. The van der Waals surface area contributed by atoms with Crippen LogP contribution in [0.4, 0.5) is 0 Å². The summed E-state index contributed by atoms with van der Waals surface area (Å²) in [6.45, 7) is 5.58. The summed E-state index contributed by atoms with van der Waals surface area (Å²) in [6, 6.07) is 11.0. The smallest absolute Gasteiger partial charge is 0.308 e. The zero-order chi connectivity index (χ0) is 25.7. The third kappa shape index (κ3) is 4.72. The molecule has 7 atom stereocenters. The number of likely N-dealkylation sites (N-methyl/N-ethyl adjacent to an activating group) is 1. The predicted molar refractivity (Wildman–Crippen MR) is 145 cm³/mol. The van der Waals surface area contributed by atoms with Crippen molar-refractivity contribution in [1.82, 2.24) is 0 Å². The Morgan fingerprint density at radius 2 is 1.75 bits per heavy atom. The minimum atomic E-state index is -0.654. The zero-order valence-corrected chi connectivity index (χ0v) is 23.0. The maximum absolute atomic E-state index is 12.6. The molecule has 4 aliphatic rings. The Balaban J connectivity index is 1.25. The van der Waals surface area contributed by atoms with Crippen LogP contribution in [0.1, 0.15) is 70.8 Å². The van der Waals surface area contributed by atoms with Crippen molar-refractivity contribution in [3.8, 4) is 0 Å². The van der Waals surface area contributed by atoms with Gasteiger partial charge in [0.1, 0.15) is 18.8 Å². The number of allylic oxidation sites excluding steroid dienone is 3. The highest BCUT2D eigenvalue weighted by atomic mass is 16.5. The lowest BCUT2D eigenvalue weighted by Crippen LogP contribution is -2.50. The second kappa shape index (κ2) is 9.44. The van der Waals surface area contributed by atoms with Crippen molar-refractivity contribution in [2.75, 3.05) is 27.7 Å². The number of benzene rings is 1. The lowest BCUT2D eigenvalue weighted by molar-refractivity contribution is -0.873. The molecule has 2 saturated carbocycles. The molecule has 4 heteroatoms. The summed E-state index contributed by atoms with van der Waals surface area (Å²) in [4.78, 5) is 12.6. The second-order valence-electron chi connectivity index (χ2n) is 13.6. The van der Waals surface area contributed by atoms with Crippen LogP contribution in [0.3, 0.4) is 0 Å². The maximum Gasteiger partial charge on any atom is 0.308 e. The molecular weight excluding hydrogens is 446 g/mol. The van der Waals surface area contributed by atoms with Crippen molar-refractivity contribution in [2.45, 2.75) is 77.4 Å². The molecule has 196 valence electrons. The minimum Gasteiger partial charge on any atom is -0.462 e. The molecule has 0 radical (unpaired) electrons. The molecule has 0 spiro atoms. The lowest BCUT2D eigenvalue weighted by Gasteiger charge is -2.58. The fraction of sp³-hybridized carbons (Fsp3) is 0.656. The van der Waals surface area contributed by atoms with Gasteiger partial charge in [-0.15, -0.1) is 0 Å². The Morgan fingerprint density at radius 3 is 2.47 bits per heavy atom. The third-order valence-electron chi connectivity index (χ3n) is 10.2. The van der Waals surface area contributed by atoms with Crippen molar-refractivity contribution < 1.29 is 19.1 Å². The summed E-state index contributed by atoms with van der Waals surface area (Å²) >= 11 is 0. The van der Waals surface area contributed by atoms with Crippen LogP contribution in [0.5, 0.6) is 0 Å². The van der Waals surface area contributed by atoms with E-state index in [9.17, 15) is 9.90 Å². The van der Waals surface area contributed by atoms with Gasteiger partial charge >= 0.3 is 5.97 Å². The Labute approximate surface area is 218 Å². The van der Waals surface area contributed by atoms with Crippen molar-refractivity contribution in [3.63, 3.8) is 0 Å². The van der Waals surface area contributed by atoms with Gasteiger partial charge in [0.2, 0.25) is 0 Å². The molecule has 1 N–H and O–H groups in total. The molecule has 1 aromatic rings. The molecule has 0 aromatic heterocycles. The molecular formula is C32H46NO3+. The number of rotatable bonds is 6. The van der Waals surface area contributed by atoms with Gasteiger partial charge in [-0.2, -0.15) is 0 Å². The van der Waals surface area contributed by atoms with Gasteiger partial charge in [-0.1, -0.05) is 61.9 Å². The Morgan fingerprint density at radius 1 is 1.03 bits per heavy atom. The first kappa shape index (κ1) is 25.7. The highest BCUT2D eigenvalue weighted by Gasteiger charge is 2.57. The molecule has 0 amide bonds. The minimum absolute atomic E-state index is 0.0450. The number of carbonyl (C=O) groups is 1. The molecule has 0 bridgehead atoms. The van der Waals surface area contributed by atoms with E-state index < -0.39 is 6.10 Å². The van der Waals surface area contributed by atoms with Gasteiger partial charge in [0.15, 0.2) is 0 Å². The monoisotopic (exact) mass is 492 g/mol. The molecule has 0 heterocycles. The second-order valence-corrected chi connectivity index (χ2v) is 13.6. The fourth-order valence-electron chi connectivity index (χ4n) is 8.48. The summed E-state index contributed by atoms with van der Waals surface area (Å²) in [5.41, 5.74) is 5.02. The SMILES string of the molecule is C[C@]12CC[C@H](OC(=O)C[C@@H](O)C[N+](C)(C)C)CC1=CCC1C2CC[C@]2(C)C(c3ccccc3)=CCC12. The summed E-state index contributed by atoms with van der Waals surface area (Å²) in [5, 5.41) is 10.3. The molecule has 0 saturated heterocycles. The standard InChI is InChI=1S/C32H46NO3/c1-31-17-15-25(36-30(35)20-24(34)21-33(3,4)5)19-23(31)11-12-26-28-14-13-27(22-9-7-6-8-10-22)32(28,2)18-16-29(26)31/h6-11,13,24-26,28-29,34H,12,14-21H2,1-5H3/q+1/t24-,25+,26?,28?,29?,31+,32-/m1/s1. The Bertz CT molecular complexity index is 1040. The molecule has 4 nitrogen and oxygen atoms in total. The van der Waals surface area contributed by atoms with Crippen LogP contribution < -0.4 is 0 Å². The van der Waals surface area contributed by atoms with Crippen molar-refractivity contribution in [1.29, 1.82) is 0 Å². The number of fused-ring (bicyclic) bond motifs is 5. The summed E-state index contributed by atoms with van der Waals surface area (Å²) in [5.74, 6) is 1.93. The van der Waals surface area contributed by atoms with Gasteiger partial charge in [-0.3, -0.25) is 4.79 Å². The first-order valence-electron chi connectivity index (χ1n) is 14.1. The van der Waals surface area contributed by atoms with E-state index in [0.717, 1.165) is 43.4 Å². The van der Waals surface area contributed by atoms with Crippen LogP contribution in [0.2, 0.25) is 0 Å². The summed E-state index contributed by atoms with van der Waals surface area (Å²) in [6.07, 6.45) is 12.3. The fourth-order valence-corrected chi connectivity index (χ4v) is 8.48. The van der Waals surface area contributed by atoms with Crippen LogP contribution in [0.25, 0.3) is 5.57 Å². The first-order chi connectivity index (χ1) is 17.0. The average molecular weight is 493 g/mol. The van der Waals surface area contributed by atoms with Gasteiger partial charge in [-0.05, 0) is 78.2 Å². The van der Waals surface area contributed by atoms with Crippen LogP contribution in [0, 0.1) is 28.6 Å². The number of carbonyl (C=O) groups excluding carboxylic acids is 1. The topological polar surface area (TPSA) is 46.5 Å². The van der Waals surface area contributed by atoms with E-state index in [1.165, 1.54) is 30.4 Å². The highest BCUT2D eigenvalue weighted by Crippen LogP contribution is 2.66. The molecule has 0 aliphatic heterocycles. The molecule has 3 unspecified atom stereocenters. The maximum atomic E-state index is 12.6. The van der Waals surface area contributed by atoms with Gasteiger partial charge in [0, 0.05) is 6.42 Å². The van der Waals surface area contributed by atoms with E-state index in [4.69, 9.17) is 4.74 Å². The van der Waals surface area contributed by atoms with Crippen LogP contribution >= 0.6 is 0 Å². The van der Waals surface area contributed by atoms with Crippen LogP contribution in [0.15, 0.2) is 48.1 Å². The quantitative estimate of drug-likeness (QED) is 0.300. The number of hydrogen-bond donors (Lipinski definition) is 1. The largest absolute Gasteiger partial charge is 0.462 e. The number of ether oxygens (including phenoxy) is 1. The van der Waals surface area contributed by atoms with E-state index in [2.05, 4.69) is 56.3 Å². The first-order valence-corrected chi connectivity index (χ1v) is 14.1. The molecule has 5 rings (SSSR count). The molecule has 36 heavy (non-hydrogen) atoms. The number of hydrogen-bond acceptors (Lipinski definition) is 3. The Kier molecular flexibility index (Phi) is 6.74. The van der Waals surface area contributed by atoms with Gasteiger partial charge < -0.3 is 14.3 Å². The van der Waals surface area contributed by atoms with Crippen molar-refractivity contribution >= 4 is 11.5 Å². The van der Waals surface area contributed by atoms with Gasteiger partial charge in [0.05, 0.1) is 27.6 Å². The van der Waals surface area contributed by atoms with E-state index in [0.29, 0.717) is 11.0 Å². The van der Waals surface area contributed by atoms with E-state index >= 15 is 0 Å². The van der Waals surface area contributed by atoms with Gasteiger partial charge in [0.25, 0.3) is 0 Å². The molecule has 4 aliphatic carbocycles. The number of quaternary nitrogens is 1. The van der Waals surface area contributed by atoms with E-state index in [-0.39, 0.29) is 29.3 Å². The molecule has 2 fully saturated rings. The number of aliphatic hydroxyl groups excluding tert-OH is 1. The summed E-state index contributed by atoms with van der Waals surface area (Å²) in [7, 11) is 6.08. The predicted octanol–water partition coefficient (Wildman–Crippen LogP) is 6.01. The Hall–Kier alpha value is -1.91. The number of nitrogens with zero attached hydrogens (tertiary/aromatic N) is 1.